The van der Waals surface area contributed by atoms with Crippen LogP contribution in [0.25, 0.3) is 0 Å². The molecule has 2 aromatic carbocycles. The van der Waals surface area contributed by atoms with Gasteiger partial charge in [-0.1, -0.05) is 6.07 Å². The smallest absolute Gasteiger partial charge is 0.271 e. The number of hydrazone groups is 1. The van der Waals surface area contributed by atoms with Crippen LogP contribution in [0, 0.1) is 6.92 Å². The lowest BCUT2D eigenvalue weighted by Crippen LogP contribution is -2.17. The molecule has 0 bridgehead atoms. The summed E-state index contributed by atoms with van der Waals surface area (Å²) in [6, 6.07) is 10.5. The van der Waals surface area contributed by atoms with Crippen LogP contribution in [0.15, 0.2) is 41.5 Å². The van der Waals surface area contributed by atoms with E-state index in [1.807, 2.05) is 13.0 Å². The Balaban J connectivity index is 2.12. The third-order valence-corrected chi connectivity index (χ3v) is 3.47. The van der Waals surface area contributed by atoms with Gasteiger partial charge in [-0.25, -0.2) is 5.43 Å². The number of hydrogen-bond donors (Lipinski definition) is 1. The summed E-state index contributed by atoms with van der Waals surface area (Å²) in [7, 11) is 4.70. The number of methoxy groups -OCH3 is 3. The van der Waals surface area contributed by atoms with Crippen molar-refractivity contribution in [3.8, 4) is 17.2 Å². The summed E-state index contributed by atoms with van der Waals surface area (Å²) in [6.07, 6.45) is 1.56. The molecular formula is C18H20N2O4. The molecule has 0 aliphatic carbocycles. The normalized spacial score (nSPS) is 10.5. The van der Waals surface area contributed by atoms with Gasteiger partial charge in [-0.15, -0.1) is 0 Å². The van der Waals surface area contributed by atoms with Gasteiger partial charge in [0.2, 0.25) is 0 Å². The zero-order chi connectivity index (χ0) is 17.5. The second-order valence-corrected chi connectivity index (χ2v) is 4.99. The number of aryl methyl sites for hydroxylation is 1. The maximum atomic E-state index is 12.1. The molecule has 0 heterocycles. The summed E-state index contributed by atoms with van der Waals surface area (Å²) in [5.41, 5.74) is 4.73. The van der Waals surface area contributed by atoms with Crippen LogP contribution in [-0.4, -0.2) is 33.5 Å². The highest BCUT2D eigenvalue weighted by Gasteiger charge is 2.08. The fourth-order valence-corrected chi connectivity index (χ4v) is 2.12. The van der Waals surface area contributed by atoms with Crippen LogP contribution in [0.5, 0.6) is 17.2 Å². The zero-order valence-corrected chi connectivity index (χ0v) is 14.1. The lowest BCUT2D eigenvalue weighted by Gasteiger charge is -2.10. The van der Waals surface area contributed by atoms with Crippen LogP contribution in [0.4, 0.5) is 0 Å². The Kier molecular flexibility index (Phi) is 5.78. The molecule has 2 rings (SSSR count). The van der Waals surface area contributed by atoms with Gasteiger partial charge in [0, 0.05) is 11.1 Å². The topological polar surface area (TPSA) is 69.2 Å². The maximum absolute atomic E-state index is 12.1. The first-order valence-corrected chi connectivity index (χ1v) is 7.29. The fourth-order valence-electron chi connectivity index (χ4n) is 2.12. The van der Waals surface area contributed by atoms with Crippen molar-refractivity contribution in [1.82, 2.24) is 5.43 Å². The minimum atomic E-state index is -0.316. The first-order chi connectivity index (χ1) is 11.6. The molecule has 0 aromatic heterocycles. The van der Waals surface area contributed by atoms with E-state index in [2.05, 4.69) is 10.5 Å². The maximum Gasteiger partial charge on any atom is 0.271 e. The first kappa shape index (κ1) is 17.3. The molecule has 0 atom stereocenters. The van der Waals surface area contributed by atoms with E-state index < -0.39 is 0 Å². The molecule has 0 spiro atoms. The summed E-state index contributed by atoms with van der Waals surface area (Å²) >= 11 is 0. The Morgan fingerprint density at radius 1 is 1.04 bits per heavy atom. The number of benzene rings is 2. The first-order valence-electron chi connectivity index (χ1n) is 7.29. The number of ether oxygens (including phenoxy) is 3. The SMILES string of the molecule is COc1cccc(C(=O)NN=Cc2cc(OC)c(OC)cc2C)c1. The summed E-state index contributed by atoms with van der Waals surface area (Å²) in [5, 5.41) is 4.00. The minimum absolute atomic E-state index is 0.316. The molecule has 0 aliphatic heterocycles. The Hall–Kier alpha value is -3.02. The summed E-state index contributed by atoms with van der Waals surface area (Å²) in [6.45, 7) is 1.92. The predicted molar refractivity (Wildman–Crippen MR) is 92.3 cm³/mol. The number of hydrogen-bond acceptors (Lipinski definition) is 5. The molecule has 0 saturated heterocycles. The molecule has 1 N–H and O–H groups in total. The Labute approximate surface area is 141 Å². The van der Waals surface area contributed by atoms with Crippen molar-refractivity contribution in [1.29, 1.82) is 0 Å². The number of carbonyl (C=O) groups excluding carboxylic acids is 1. The van der Waals surface area contributed by atoms with Gasteiger partial charge in [0.25, 0.3) is 5.91 Å². The van der Waals surface area contributed by atoms with E-state index in [0.29, 0.717) is 22.8 Å². The molecule has 0 radical (unpaired) electrons. The van der Waals surface area contributed by atoms with Crippen LogP contribution >= 0.6 is 0 Å². The molecule has 6 nitrogen and oxygen atoms in total. The van der Waals surface area contributed by atoms with Crippen molar-refractivity contribution in [3.63, 3.8) is 0 Å². The molecule has 6 heteroatoms. The van der Waals surface area contributed by atoms with Crippen LogP contribution in [-0.2, 0) is 0 Å². The second kappa shape index (κ2) is 8.01. The average Bonchev–Trinajstić information content (AvgIpc) is 2.62. The van der Waals surface area contributed by atoms with Gasteiger partial charge in [0.15, 0.2) is 11.5 Å². The van der Waals surface area contributed by atoms with Gasteiger partial charge in [-0.05, 0) is 42.8 Å². The van der Waals surface area contributed by atoms with Crippen molar-refractivity contribution in [2.75, 3.05) is 21.3 Å². The van der Waals surface area contributed by atoms with Crippen molar-refractivity contribution >= 4 is 12.1 Å². The number of amides is 1. The average molecular weight is 328 g/mol. The van der Waals surface area contributed by atoms with Gasteiger partial charge in [-0.3, -0.25) is 4.79 Å². The molecule has 24 heavy (non-hydrogen) atoms. The third-order valence-electron chi connectivity index (χ3n) is 3.47. The molecular weight excluding hydrogens is 308 g/mol. The number of nitrogens with zero attached hydrogens (tertiary/aromatic N) is 1. The largest absolute Gasteiger partial charge is 0.497 e. The lowest BCUT2D eigenvalue weighted by molar-refractivity contribution is 0.0955. The van der Waals surface area contributed by atoms with Crippen molar-refractivity contribution in [3.05, 3.63) is 53.1 Å². The van der Waals surface area contributed by atoms with E-state index in [-0.39, 0.29) is 5.91 Å². The van der Waals surface area contributed by atoms with Gasteiger partial charge in [0.05, 0.1) is 27.5 Å². The lowest BCUT2D eigenvalue weighted by atomic mass is 10.1. The molecule has 2 aromatic rings. The Morgan fingerprint density at radius 3 is 2.42 bits per heavy atom. The molecule has 126 valence electrons. The summed E-state index contributed by atoms with van der Waals surface area (Å²) < 4.78 is 15.6. The Morgan fingerprint density at radius 2 is 1.75 bits per heavy atom. The van der Waals surface area contributed by atoms with E-state index in [4.69, 9.17) is 14.2 Å². The van der Waals surface area contributed by atoms with E-state index in [1.165, 1.54) is 0 Å². The third kappa shape index (κ3) is 4.04. The summed E-state index contributed by atoms with van der Waals surface area (Å²) in [4.78, 5) is 12.1. The Bertz CT molecular complexity index is 757. The monoisotopic (exact) mass is 328 g/mol. The highest BCUT2D eigenvalue weighted by molar-refractivity contribution is 5.95. The molecule has 0 unspecified atom stereocenters. The van der Waals surface area contributed by atoms with E-state index >= 15 is 0 Å². The van der Waals surface area contributed by atoms with Gasteiger partial charge in [-0.2, -0.15) is 5.10 Å². The minimum Gasteiger partial charge on any atom is -0.497 e. The van der Waals surface area contributed by atoms with Crippen molar-refractivity contribution < 1.29 is 19.0 Å². The van der Waals surface area contributed by atoms with E-state index in [9.17, 15) is 4.79 Å². The van der Waals surface area contributed by atoms with Crippen molar-refractivity contribution in [2.45, 2.75) is 6.92 Å². The van der Waals surface area contributed by atoms with Crippen LogP contribution in [0.2, 0.25) is 0 Å². The number of rotatable bonds is 6. The van der Waals surface area contributed by atoms with Gasteiger partial charge >= 0.3 is 0 Å². The van der Waals surface area contributed by atoms with E-state index in [1.54, 1.807) is 57.9 Å². The zero-order valence-electron chi connectivity index (χ0n) is 14.1. The predicted octanol–water partition coefficient (Wildman–Crippen LogP) is 2.78. The fraction of sp³-hybridized carbons (Fsp3) is 0.222. The molecule has 1 amide bonds. The van der Waals surface area contributed by atoms with Crippen LogP contribution < -0.4 is 19.6 Å². The highest BCUT2D eigenvalue weighted by Crippen LogP contribution is 2.29. The molecule has 0 saturated carbocycles. The van der Waals surface area contributed by atoms with Gasteiger partial charge < -0.3 is 14.2 Å². The van der Waals surface area contributed by atoms with Crippen LogP contribution in [0.3, 0.4) is 0 Å². The number of carbonyl (C=O) groups is 1. The van der Waals surface area contributed by atoms with E-state index in [0.717, 1.165) is 11.1 Å². The second-order valence-electron chi connectivity index (χ2n) is 4.99. The van der Waals surface area contributed by atoms with Crippen LogP contribution in [0.1, 0.15) is 21.5 Å². The molecule has 0 aliphatic rings. The standard InChI is InChI=1S/C18H20N2O4/c1-12-8-16(23-3)17(24-4)10-14(12)11-19-20-18(21)13-6-5-7-15(9-13)22-2/h5-11H,1-4H3,(H,20,21). The van der Waals surface area contributed by atoms with Gasteiger partial charge in [0.1, 0.15) is 5.75 Å². The van der Waals surface area contributed by atoms with Crippen molar-refractivity contribution in [2.24, 2.45) is 5.10 Å². The highest BCUT2D eigenvalue weighted by atomic mass is 16.5. The molecule has 0 fully saturated rings. The quantitative estimate of drug-likeness (QED) is 0.654. The number of nitrogens with one attached hydrogen (secondary N) is 1. The summed E-state index contributed by atoms with van der Waals surface area (Å²) in [5.74, 6) is 1.54.